The third-order valence-corrected chi connectivity index (χ3v) is 5.29. The highest BCUT2D eigenvalue weighted by atomic mass is 16.5. The van der Waals surface area contributed by atoms with Crippen LogP contribution in [0.5, 0.6) is 11.5 Å². The zero-order valence-corrected chi connectivity index (χ0v) is 16.8. The third-order valence-electron chi connectivity index (χ3n) is 5.29. The number of nitrogens with one attached hydrogen (secondary N) is 1. The van der Waals surface area contributed by atoms with Gasteiger partial charge >= 0.3 is 5.97 Å². The summed E-state index contributed by atoms with van der Waals surface area (Å²) >= 11 is 0. The molecule has 2 aromatic carbocycles. The molecule has 154 valence electrons. The van der Waals surface area contributed by atoms with Crippen LogP contribution in [0.4, 0.5) is 5.69 Å². The summed E-state index contributed by atoms with van der Waals surface area (Å²) in [6.45, 7) is 0.991. The number of ether oxygens (including phenoxy) is 4. The lowest BCUT2D eigenvalue weighted by molar-refractivity contribution is -0.125. The van der Waals surface area contributed by atoms with E-state index < -0.39 is 11.4 Å². The molecule has 0 saturated carbocycles. The van der Waals surface area contributed by atoms with E-state index in [9.17, 15) is 9.59 Å². The van der Waals surface area contributed by atoms with Crippen molar-refractivity contribution >= 4 is 17.6 Å². The first-order valence-corrected chi connectivity index (χ1v) is 9.34. The molecule has 1 amide bonds. The third kappa shape index (κ3) is 4.19. The van der Waals surface area contributed by atoms with Gasteiger partial charge in [-0.15, -0.1) is 0 Å². The van der Waals surface area contributed by atoms with Gasteiger partial charge in [0.05, 0.1) is 26.7 Å². The summed E-state index contributed by atoms with van der Waals surface area (Å²) in [4.78, 5) is 25.4. The number of esters is 1. The van der Waals surface area contributed by atoms with Gasteiger partial charge in [-0.05, 0) is 48.7 Å². The molecule has 0 aliphatic carbocycles. The first-order chi connectivity index (χ1) is 14.0. The molecule has 1 heterocycles. The second kappa shape index (κ2) is 8.96. The standard InChI is InChI=1S/C22H25NO6/c1-26-17-7-4-15(5-8-17)22(10-12-29-13-11-22)21(25)23-16-6-9-19(27-2)18(14-16)20(24)28-3/h4-9,14H,10-13H2,1-3H3,(H,23,25). The smallest absolute Gasteiger partial charge is 0.341 e. The Morgan fingerprint density at radius 3 is 2.24 bits per heavy atom. The van der Waals surface area contributed by atoms with Gasteiger partial charge in [-0.1, -0.05) is 12.1 Å². The molecule has 3 rings (SSSR count). The molecule has 0 aromatic heterocycles. The highest BCUT2D eigenvalue weighted by Gasteiger charge is 2.41. The number of hydrogen-bond donors (Lipinski definition) is 1. The van der Waals surface area contributed by atoms with E-state index in [1.807, 2.05) is 24.3 Å². The van der Waals surface area contributed by atoms with E-state index >= 15 is 0 Å². The largest absolute Gasteiger partial charge is 0.497 e. The van der Waals surface area contributed by atoms with Crippen molar-refractivity contribution in [2.75, 3.05) is 39.9 Å². The monoisotopic (exact) mass is 399 g/mol. The van der Waals surface area contributed by atoms with Crippen LogP contribution < -0.4 is 14.8 Å². The van der Waals surface area contributed by atoms with Gasteiger partial charge in [0.15, 0.2) is 0 Å². The zero-order valence-electron chi connectivity index (χ0n) is 16.8. The number of hydrogen-bond acceptors (Lipinski definition) is 6. The minimum absolute atomic E-state index is 0.146. The molecule has 1 aliphatic heterocycles. The number of carbonyl (C=O) groups excluding carboxylic acids is 2. The lowest BCUT2D eigenvalue weighted by Crippen LogP contribution is -2.44. The summed E-state index contributed by atoms with van der Waals surface area (Å²) in [6.07, 6.45) is 1.12. The van der Waals surface area contributed by atoms with Crippen LogP contribution >= 0.6 is 0 Å². The molecule has 7 heteroatoms. The number of rotatable bonds is 6. The molecule has 7 nitrogen and oxygen atoms in total. The van der Waals surface area contributed by atoms with Gasteiger partial charge in [-0.3, -0.25) is 4.79 Å². The van der Waals surface area contributed by atoms with Gasteiger partial charge in [0, 0.05) is 18.9 Å². The lowest BCUT2D eigenvalue weighted by atomic mass is 9.73. The molecule has 1 N–H and O–H groups in total. The molecule has 1 saturated heterocycles. The SMILES string of the molecule is COC(=O)c1cc(NC(=O)C2(c3ccc(OC)cc3)CCOCC2)ccc1OC. The number of amides is 1. The Balaban J connectivity index is 1.92. The molecule has 0 bridgehead atoms. The van der Waals surface area contributed by atoms with Crippen LogP contribution in [-0.4, -0.2) is 46.4 Å². The van der Waals surface area contributed by atoms with Crippen molar-refractivity contribution in [2.45, 2.75) is 18.3 Å². The molecule has 0 spiro atoms. The summed E-state index contributed by atoms with van der Waals surface area (Å²) in [5.41, 5.74) is 0.922. The molecule has 1 fully saturated rings. The van der Waals surface area contributed by atoms with E-state index in [4.69, 9.17) is 18.9 Å². The van der Waals surface area contributed by atoms with Crippen LogP contribution in [0.15, 0.2) is 42.5 Å². The Hall–Kier alpha value is -3.06. The van der Waals surface area contributed by atoms with Crippen molar-refractivity contribution in [2.24, 2.45) is 0 Å². The van der Waals surface area contributed by atoms with Gasteiger partial charge in [0.25, 0.3) is 0 Å². The van der Waals surface area contributed by atoms with Gasteiger partial charge in [0.2, 0.25) is 5.91 Å². The Kier molecular flexibility index (Phi) is 6.39. The van der Waals surface area contributed by atoms with Crippen molar-refractivity contribution in [3.63, 3.8) is 0 Å². The summed E-state index contributed by atoms with van der Waals surface area (Å²) in [5, 5.41) is 2.96. The van der Waals surface area contributed by atoms with Gasteiger partial charge < -0.3 is 24.3 Å². The van der Waals surface area contributed by atoms with E-state index in [1.54, 1.807) is 25.3 Å². The number of benzene rings is 2. The molecule has 2 aromatic rings. The molecule has 0 unspecified atom stereocenters. The molecule has 0 radical (unpaired) electrons. The van der Waals surface area contributed by atoms with Crippen molar-refractivity contribution in [3.8, 4) is 11.5 Å². The maximum absolute atomic E-state index is 13.4. The molecule has 0 atom stereocenters. The Bertz CT molecular complexity index is 871. The van der Waals surface area contributed by atoms with Crippen LogP contribution in [0.3, 0.4) is 0 Å². The fourth-order valence-electron chi connectivity index (χ4n) is 3.58. The fraction of sp³-hybridized carbons (Fsp3) is 0.364. The Morgan fingerprint density at radius 1 is 0.966 bits per heavy atom. The lowest BCUT2D eigenvalue weighted by Gasteiger charge is -2.36. The molecular weight excluding hydrogens is 374 g/mol. The normalized spacial score (nSPS) is 15.3. The topological polar surface area (TPSA) is 83.1 Å². The number of methoxy groups -OCH3 is 3. The minimum atomic E-state index is -0.726. The number of anilines is 1. The minimum Gasteiger partial charge on any atom is -0.497 e. The van der Waals surface area contributed by atoms with Crippen molar-refractivity contribution in [3.05, 3.63) is 53.6 Å². The average Bonchev–Trinajstić information content (AvgIpc) is 2.78. The van der Waals surface area contributed by atoms with E-state index in [2.05, 4.69) is 5.32 Å². The molecule has 1 aliphatic rings. The van der Waals surface area contributed by atoms with Crippen LogP contribution in [0, 0.1) is 0 Å². The van der Waals surface area contributed by atoms with Gasteiger partial charge in [0.1, 0.15) is 17.1 Å². The van der Waals surface area contributed by atoms with Crippen LogP contribution in [0.2, 0.25) is 0 Å². The van der Waals surface area contributed by atoms with Crippen molar-refractivity contribution < 1.29 is 28.5 Å². The predicted octanol–water partition coefficient (Wildman–Crippen LogP) is 3.18. The zero-order chi connectivity index (χ0) is 20.9. The first kappa shape index (κ1) is 20.7. The van der Waals surface area contributed by atoms with Crippen LogP contribution in [0.1, 0.15) is 28.8 Å². The summed E-state index contributed by atoms with van der Waals surface area (Å²) in [6, 6.07) is 12.4. The molecule has 29 heavy (non-hydrogen) atoms. The maximum atomic E-state index is 13.4. The van der Waals surface area contributed by atoms with Gasteiger partial charge in [-0.2, -0.15) is 0 Å². The predicted molar refractivity (Wildman–Crippen MR) is 108 cm³/mol. The van der Waals surface area contributed by atoms with E-state index in [0.29, 0.717) is 37.5 Å². The maximum Gasteiger partial charge on any atom is 0.341 e. The summed E-state index contributed by atoms with van der Waals surface area (Å²) in [7, 11) is 4.38. The summed E-state index contributed by atoms with van der Waals surface area (Å²) < 4.78 is 20.8. The fourth-order valence-corrected chi connectivity index (χ4v) is 3.58. The van der Waals surface area contributed by atoms with Crippen LogP contribution in [0.25, 0.3) is 0 Å². The first-order valence-electron chi connectivity index (χ1n) is 9.34. The van der Waals surface area contributed by atoms with E-state index in [-0.39, 0.29) is 11.5 Å². The highest BCUT2D eigenvalue weighted by Crippen LogP contribution is 2.37. The van der Waals surface area contributed by atoms with Crippen molar-refractivity contribution in [1.29, 1.82) is 0 Å². The van der Waals surface area contributed by atoms with Gasteiger partial charge in [-0.25, -0.2) is 4.79 Å². The number of carbonyl (C=O) groups is 2. The summed E-state index contributed by atoms with van der Waals surface area (Å²) in [5.74, 6) is 0.431. The van der Waals surface area contributed by atoms with E-state index in [0.717, 1.165) is 11.3 Å². The van der Waals surface area contributed by atoms with Crippen LogP contribution in [-0.2, 0) is 19.7 Å². The average molecular weight is 399 g/mol. The van der Waals surface area contributed by atoms with Crippen molar-refractivity contribution in [1.82, 2.24) is 0 Å². The quantitative estimate of drug-likeness (QED) is 0.752. The second-order valence-corrected chi connectivity index (χ2v) is 6.78. The Morgan fingerprint density at radius 2 is 1.66 bits per heavy atom. The Labute approximate surface area is 169 Å². The van der Waals surface area contributed by atoms with E-state index in [1.165, 1.54) is 14.2 Å². The second-order valence-electron chi connectivity index (χ2n) is 6.78. The highest BCUT2D eigenvalue weighted by molar-refractivity contribution is 6.01. The molecular formula is C22H25NO6.